The lowest BCUT2D eigenvalue weighted by Gasteiger charge is -2.05. The molecule has 2 heterocycles. The van der Waals surface area contributed by atoms with E-state index in [0.717, 1.165) is 5.56 Å². The number of halogens is 2. The lowest BCUT2D eigenvalue weighted by atomic mass is 10.2. The van der Waals surface area contributed by atoms with E-state index in [1.165, 1.54) is 0 Å². The van der Waals surface area contributed by atoms with Crippen LogP contribution in [-0.4, -0.2) is 9.97 Å². The topological polar surface area (TPSA) is 51.8 Å². The summed E-state index contributed by atoms with van der Waals surface area (Å²) in [7, 11) is 0. The van der Waals surface area contributed by atoms with Gasteiger partial charge in [-0.15, -0.1) is 0 Å². The second-order valence-corrected chi connectivity index (χ2v) is 3.74. The van der Waals surface area contributed by atoms with Gasteiger partial charge < -0.3 is 5.73 Å². The van der Waals surface area contributed by atoms with Gasteiger partial charge in [-0.2, -0.15) is 0 Å². The van der Waals surface area contributed by atoms with Gasteiger partial charge in [0.05, 0.1) is 15.7 Å². The van der Waals surface area contributed by atoms with Crippen molar-refractivity contribution in [2.24, 2.45) is 0 Å². The number of rotatable bonds is 1. The van der Waals surface area contributed by atoms with E-state index in [-0.39, 0.29) is 5.82 Å². The minimum atomic E-state index is 0.271. The molecule has 0 aromatic carbocycles. The van der Waals surface area contributed by atoms with Gasteiger partial charge in [0.2, 0.25) is 0 Å². The highest BCUT2D eigenvalue weighted by Crippen LogP contribution is 2.30. The Kier molecular flexibility index (Phi) is 2.75. The first-order valence-electron chi connectivity index (χ1n) is 4.20. The Bertz CT molecular complexity index is 486. The highest BCUT2D eigenvalue weighted by atomic mass is 35.5. The van der Waals surface area contributed by atoms with Crippen molar-refractivity contribution in [3.63, 3.8) is 0 Å². The summed E-state index contributed by atoms with van der Waals surface area (Å²) < 4.78 is 0. The first kappa shape index (κ1) is 10.2. The molecule has 0 saturated carbocycles. The number of nitrogens with two attached hydrogens (primary N) is 1. The monoisotopic (exact) mass is 239 g/mol. The van der Waals surface area contributed by atoms with Crippen LogP contribution in [0.1, 0.15) is 0 Å². The Morgan fingerprint density at radius 3 is 2.40 bits per heavy atom. The maximum absolute atomic E-state index is 6.01. The van der Waals surface area contributed by atoms with Crippen LogP contribution in [0.15, 0.2) is 30.6 Å². The summed E-state index contributed by atoms with van der Waals surface area (Å²) in [6.45, 7) is 0. The molecule has 0 fully saturated rings. The summed E-state index contributed by atoms with van der Waals surface area (Å²) in [5, 5.41) is 0.832. The summed E-state index contributed by atoms with van der Waals surface area (Å²) in [6, 6.07) is 5.20. The third-order valence-corrected chi connectivity index (χ3v) is 2.50. The molecule has 0 aliphatic heterocycles. The average molecular weight is 240 g/mol. The van der Waals surface area contributed by atoms with Crippen molar-refractivity contribution >= 4 is 29.0 Å². The number of aromatic nitrogens is 2. The van der Waals surface area contributed by atoms with Gasteiger partial charge in [0.15, 0.2) is 0 Å². The molecule has 0 aliphatic rings. The number of nitrogens with zero attached hydrogens (tertiary/aromatic N) is 2. The van der Waals surface area contributed by atoms with Gasteiger partial charge >= 0.3 is 0 Å². The predicted molar refractivity (Wildman–Crippen MR) is 61.9 cm³/mol. The van der Waals surface area contributed by atoms with Gasteiger partial charge in [-0.05, 0) is 18.2 Å². The molecule has 76 valence electrons. The Hall–Kier alpha value is -1.32. The number of hydrogen-bond donors (Lipinski definition) is 1. The van der Waals surface area contributed by atoms with E-state index in [0.29, 0.717) is 15.7 Å². The van der Waals surface area contributed by atoms with Crippen LogP contribution in [0.25, 0.3) is 11.3 Å². The minimum absolute atomic E-state index is 0.271. The Labute approximate surface area is 96.9 Å². The van der Waals surface area contributed by atoms with Crippen LogP contribution in [0, 0.1) is 0 Å². The molecule has 0 saturated heterocycles. The van der Waals surface area contributed by atoms with E-state index in [1.54, 1.807) is 18.5 Å². The quantitative estimate of drug-likeness (QED) is 0.833. The van der Waals surface area contributed by atoms with Crippen LogP contribution in [0.2, 0.25) is 10.0 Å². The summed E-state index contributed by atoms with van der Waals surface area (Å²) in [5.74, 6) is 0.271. The van der Waals surface area contributed by atoms with Gasteiger partial charge in [-0.1, -0.05) is 23.2 Å². The van der Waals surface area contributed by atoms with Crippen molar-refractivity contribution in [3.05, 3.63) is 40.6 Å². The number of nitrogen functional groups attached to an aromatic ring is 1. The second-order valence-electron chi connectivity index (χ2n) is 2.92. The van der Waals surface area contributed by atoms with Crippen LogP contribution in [0.4, 0.5) is 5.82 Å². The van der Waals surface area contributed by atoms with Crippen molar-refractivity contribution < 1.29 is 0 Å². The molecule has 2 rings (SSSR count). The molecule has 5 heteroatoms. The highest BCUT2D eigenvalue weighted by Gasteiger charge is 2.08. The zero-order valence-electron chi connectivity index (χ0n) is 7.61. The van der Waals surface area contributed by atoms with Gasteiger partial charge in [0.1, 0.15) is 5.82 Å². The summed E-state index contributed by atoms with van der Waals surface area (Å²) >= 11 is 11.8. The normalized spacial score (nSPS) is 10.3. The summed E-state index contributed by atoms with van der Waals surface area (Å²) in [4.78, 5) is 8.04. The fraction of sp³-hybridized carbons (Fsp3) is 0. The molecule has 3 nitrogen and oxygen atoms in total. The largest absolute Gasteiger partial charge is 0.382 e. The maximum atomic E-state index is 6.01. The molecule has 0 aliphatic carbocycles. The van der Waals surface area contributed by atoms with E-state index in [9.17, 15) is 0 Å². The Morgan fingerprint density at radius 2 is 1.73 bits per heavy atom. The first-order chi connectivity index (χ1) is 7.18. The number of pyridine rings is 2. The number of anilines is 1. The van der Waals surface area contributed by atoms with Crippen molar-refractivity contribution in [3.8, 4) is 11.3 Å². The lowest BCUT2D eigenvalue weighted by Crippen LogP contribution is -1.94. The first-order valence-corrected chi connectivity index (χ1v) is 4.96. The smallest absolute Gasteiger partial charge is 0.143 e. The van der Waals surface area contributed by atoms with Gasteiger partial charge in [-0.3, -0.25) is 4.98 Å². The van der Waals surface area contributed by atoms with Crippen LogP contribution in [0.5, 0.6) is 0 Å². The molecule has 0 unspecified atom stereocenters. The molecule has 15 heavy (non-hydrogen) atoms. The van der Waals surface area contributed by atoms with Crippen molar-refractivity contribution in [2.45, 2.75) is 0 Å². The Balaban J connectivity index is 2.59. The molecular formula is C10H7Cl2N3. The summed E-state index contributed by atoms with van der Waals surface area (Å²) in [5.41, 5.74) is 7.08. The zero-order chi connectivity index (χ0) is 10.8. The minimum Gasteiger partial charge on any atom is -0.382 e. The van der Waals surface area contributed by atoms with Crippen LogP contribution in [0.3, 0.4) is 0 Å². The molecule has 0 atom stereocenters. The van der Waals surface area contributed by atoms with Gasteiger partial charge in [0.25, 0.3) is 0 Å². The van der Waals surface area contributed by atoms with Crippen LogP contribution in [-0.2, 0) is 0 Å². The fourth-order valence-electron chi connectivity index (χ4n) is 1.19. The standard InChI is InChI=1S/C10H7Cl2N3/c11-7-5-8(12)10(13)15-9(7)6-1-3-14-4-2-6/h1-5H,(H2,13,15). The predicted octanol–water partition coefficient (Wildman–Crippen LogP) is 3.03. The Morgan fingerprint density at radius 1 is 1.07 bits per heavy atom. The van der Waals surface area contributed by atoms with Gasteiger partial charge in [0, 0.05) is 18.0 Å². The zero-order valence-corrected chi connectivity index (χ0v) is 9.13. The van der Waals surface area contributed by atoms with Gasteiger partial charge in [-0.25, -0.2) is 4.98 Å². The van der Waals surface area contributed by atoms with Crippen molar-refractivity contribution in [1.82, 2.24) is 9.97 Å². The van der Waals surface area contributed by atoms with E-state index >= 15 is 0 Å². The molecule has 0 amide bonds. The SMILES string of the molecule is Nc1nc(-c2ccncc2)c(Cl)cc1Cl. The third-order valence-electron chi connectivity index (χ3n) is 1.91. The maximum Gasteiger partial charge on any atom is 0.143 e. The average Bonchev–Trinajstić information content (AvgIpc) is 2.25. The van der Waals surface area contributed by atoms with Crippen LogP contribution < -0.4 is 5.73 Å². The van der Waals surface area contributed by atoms with E-state index in [4.69, 9.17) is 28.9 Å². The third kappa shape index (κ3) is 2.03. The second kappa shape index (κ2) is 4.04. The molecular weight excluding hydrogens is 233 g/mol. The molecule has 2 N–H and O–H groups in total. The number of hydrogen-bond acceptors (Lipinski definition) is 3. The summed E-state index contributed by atoms with van der Waals surface area (Å²) in [6.07, 6.45) is 3.33. The molecule has 0 spiro atoms. The molecule has 2 aromatic rings. The van der Waals surface area contributed by atoms with Crippen molar-refractivity contribution in [1.29, 1.82) is 0 Å². The van der Waals surface area contributed by atoms with E-state index in [1.807, 2.05) is 12.1 Å². The van der Waals surface area contributed by atoms with E-state index < -0.39 is 0 Å². The molecule has 0 radical (unpaired) electrons. The lowest BCUT2D eigenvalue weighted by molar-refractivity contribution is 1.29. The van der Waals surface area contributed by atoms with Crippen molar-refractivity contribution in [2.75, 3.05) is 5.73 Å². The fourth-order valence-corrected chi connectivity index (χ4v) is 1.66. The molecule has 0 bridgehead atoms. The molecule has 2 aromatic heterocycles. The van der Waals surface area contributed by atoms with Crippen LogP contribution >= 0.6 is 23.2 Å². The van der Waals surface area contributed by atoms with E-state index in [2.05, 4.69) is 9.97 Å². The highest BCUT2D eigenvalue weighted by molar-refractivity contribution is 6.37.